The van der Waals surface area contributed by atoms with Gasteiger partial charge in [0, 0.05) is 0 Å². The average molecular weight is 332 g/mol. The Morgan fingerprint density at radius 1 is 1.10 bits per heavy atom. The van der Waals surface area contributed by atoms with Crippen molar-refractivity contribution in [3.8, 4) is 17.6 Å². The Morgan fingerprint density at radius 3 is 2.43 bits per heavy atom. The van der Waals surface area contributed by atoms with E-state index in [-0.39, 0.29) is 21.5 Å². The number of halogens is 5. The van der Waals surface area contributed by atoms with Gasteiger partial charge >= 0.3 is 6.18 Å². The molecule has 2 aromatic rings. The van der Waals surface area contributed by atoms with Crippen molar-refractivity contribution in [2.75, 3.05) is 0 Å². The van der Waals surface area contributed by atoms with Gasteiger partial charge in [-0.25, -0.2) is 0 Å². The summed E-state index contributed by atoms with van der Waals surface area (Å²) in [6, 6.07) is 9.03. The monoisotopic (exact) mass is 331 g/mol. The predicted octanol–water partition coefficient (Wildman–Crippen LogP) is 5.68. The fourth-order valence-corrected chi connectivity index (χ4v) is 1.95. The summed E-state index contributed by atoms with van der Waals surface area (Å²) in [5, 5.41) is 9.21. The SMILES string of the molecule is N#Cc1cc(Oc2cccc(Cl)c2Cl)ccc1C(F)(F)F. The van der Waals surface area contributed by atoms with E-state index in [1.807, 2.05) is 0 Å². The lowest BCUT2D eigenvalue weighted by molar-refractivity contribution is -0.137. The third-order valence-electron chi connectivity index (χ3n) is 2.56. The van der Waals surface area contributed by atoms with Gasteiger partial charge in [0.25, 0.3) is 0 Å². The number of ether oxygens (including phenoxy) is 1. The Balaban J connectivity index is 2.39. The van der Waals surface area contributed by atoms with Gasteiger partial charge in [-0.05, 0) is 30.3 Å². The zero-order valence-electron chi connectivity index (χ0n) is 10.2. The van der Waals surface area contributed by atoms with Crippen LogP contribution in [-0.2, 0) is 6.18 Å². The Bertz CT molecular complexity index is 723. The molecule has 0 saturated carbocycles. The van der Waals surface area contributed by atoms with Gasteiger partial charge in [0.1, 0.15) is 16.5 Å². The number of hydrogen-bond donors (Lipinski definition) is 0. The van der Waals surface area contributed by atoms with E-state index < -0.39 is 17.3 Å². The molecule has 21 heavy (non-hydrogen) atoms. The second-order valence-electron chi connectivity index (χ2n) is 3.97. The summed E-state index contributed by atoms with van der Waals surface area (Å²) in [6.07, 6.45) is -4.60. The van der Waals surface area contributed by atoms with E-state index in [0.29, 0.717) is 0 Å². The maximum atomic E-state index is 12.7. The lowest BCUT2D eigenvalue weighted by Crippen LogP contribution is -2.07. The van der Waals surface area contributed by atoms with Crippen molar-refractivity contribution in [1.29, 1.82) is 5.26 Å². The van der Waals surface area contributed by atoms with Crippen molar-refractivity contribution >= 4 is 23.2 Å². The van der Waals surface area contributed by atoms with Crippen molar-refractivity contribution in [2.24, 2.45) is 0 Å². The van der Waals surface area contributed by atoms with E-state index in [1.54, 1.807) is 12.1 Å². The largest absolute Gasteiger partial charge is 0.456 e. The highest BCUT2D eigenvalue weighted by atomic mass is 35.5. The van der Waals surface area contributed by atoms with Crippen LogP contribution in [0, 0.1) is 11.3 Å². The molecule has 0 aliphatic heterocycles. The Morgan fingerprint density at radius 2 is 1.81 bits per heavy atom. The van der Waals surface area contributed by atoms with Crippen LogP contribution in [0.2, 0.25) is 10.0 Å². The molecule has 0 atom stereocenters. The number of hydrogen-bond acceptors (Lipinski definition) is 2. The molecule has 0 N–H and O–H groups in total. The number of alkyl halides is 3. The minimum Gasteiger partial charge on any atom is -0.456 e. The van der Waals surface area contributed by atoms with E-state index in [9.17, 15) is 13.2 Å². The van der Waals surface area contributed by atoms with Gasteiger partial charge in [-0.15, -0.1) is 0 Å². The van der Waals surface area contributed by atoms with Crippen LogP contribution in [0.25, 0.3) is 0 Å². The second-order valence-corrected chi connectivity index (χ2v) is 4.76. The van der Waals surface area contributed by atoms with Gasteiger partial charge in [-0.3, -0.25) is 0 Å². The van der Waals surface area contributed by atoms with Crippen molar-refractivity contribution in [3.63, 3.8) is 0 Å². The van der Waals surface area contributed by atoms with E-state index in [2.05, 4.69) is 0 Å². The summed E-state index contributed by atoms with van der Waals surface area (Å²) in [5.41, 5.74) is -1.55. The van der Waals surface area contributed by atoms with Crippen LogP contribution in [0.1, 0.15) is 11.1 Å². The Kier molecular flexibility index (Phi) is 4.31. The summed E-state index contributed by atoms with van der Waals surface area (Å²) >= 11 is 11.7. The van der Waals surface area contributed by atoms with Gasteiger partial charge < -0.3 is 4.74 Å². The van der Waals surface area contributed by atoms with Crippen molar-refractivity contribution in [2.45, 2.75) is 6.18 Å². The molecule has 0 bridgehead atoms. The molecule has 0 aliphatic rings. The number of nitrogens with zero attached hydrogens (tertiary/aromatic N) is 1. The molecular formula is C14H6Cl2F3NO. The number of benzene rings is 2. The topological polar surface area (TPSA) is 33.0 Å². The summed E-state index contributed by atoms with van der Waals surface area (Å²) in [5.74, 6) is 0.247. The third kappa shape index (κ3) is 3.41. The average Bonchev–Trinajstić information content (AvgIpc) is 2.42. The highest BCUT2D eigenvalue weighted by Gasteiger charge is 2.33. The summed E-state index contributed by atoms with van der Waals surface area (Å²) in [4.78, 5) is 0. The van der Waals surface area contributed by atoms with Crippen molar-refractivity contribution in [1.82, 2.24) is 0 Å². The Hall–Kier alpha value is -1.90. The van der Waals surface area contributed by atoms with Crippen LogP contribution in [0.5, 0.6) is 11.5 Å². The minimum atomic E-state index is -4.60. The van der Waals surface area contributed by atoms with Gasteiger partial charge in [-0.2, -0.15) is 18.4 Å². The molecule has 2 aromatic carbocycles. The molecule has 0 unspecified atom stereocenters. The van der Waals surface area contributed by atoms with Crippen LogP contribution in [0.15, 0.2) is 36.4 Å². The first-order valence-corrected chi connectivity index (χ1v) is 6.31. The fraction of sp³-hybridized carbons (Fsp3) is 0.0714. The first-order chi connectivity index (χ1) is 9.82. The first kappa shape index (κ1) is 15.5. The fourth-order valence-electron chi connectivity index (χ4n) is 1.62. The Labute approximate surface area is 128 Å². The van der Waals surface area contributed by atoms with E-state index in [0.717, 1.165) is 18.2 Å². The van der Waals surface area contributed by atoms with E-state index >= 15 is 0 Å². The van der Waals surface area contributed by atoms with Gasteiger partial charge in [0.2, 0.25) is 0 Å². The zero-order chi connectivity index (χ0) is 15.6. The molecule has 7 heteroatoms. The predicted molar refractivity (Wildman–Crippen MR) is 72.7 cm³/mol. The third-order valence-corrected chi connectivity index (χ3v) is 3.36. The van der Waals surface area contributed by atoms with Crippen LogP contribution in [0.3, 0.4) is 0 Å². The normalized spacial score (nSPS) is 11.0. The molecular weight excluding hydrogens is 326 g/mol. The lowest BCUT2D eigenvalue weighted by Gasteiger charge is -2.12. The summed E-state index contributed by atoms with van der Waals surface area (Å²) in [7, 11) is 0. The maximum absolute atomic E-state index is 12.7. The quantitative estimate of drug-likeness (QED) is 0.709. The van der Waals surface area contributed by atoms with E-state index in [4.69, 9.17) is 33.2 Å². The van der Waals surface area contributed by atoms with E-state index in [1.165, 1.54) is 12.1 Å². The van der Waals surface area contributed by atoms with Gasteiger partial charge in [0.15, 0.2) is 0 Å². The van der Waals surface area contributed by atoms with Crippen LogP contribution in [0.4, 0.5) is 13.2 Å². The van der Waals surface area contributed by atoms with Crippen molar-refractivity contribution < 1.29 is 17.9 Å². The molecule has 0 fully saturated rings. The highest BCUT2D eigenvalue weighted by Crippen LogP contribution is 2.37. The smallest absolute Gasteiger partial charge is 0.417 e. The zero-order valence-corrected chi connectivity index (χ0v) is 11.7. The molecule has 0 aliphatic carbocycles. The lowest BCUT2D eigenvalue weighted by atomic mass is 10.1. The second kappa shape index (κ2) is 5.84. The summed E-state index contributed by atoms with van der Waals surface area (Å²) in [6.45, 7) is 0. The first-order valence-electron chi connectivity index (χ1n) is 5.56. The standard InChI is InChI=1S/C14H6Cl2F3NO/c15-11-2-1-3-12(13(11)16)21-9-4-5-10(14(17,18)19)8(6-9)7-20/h1-6H. The maximum Gasteiger partial charge on any atom is 0.417 e. The molecule has 2 rings (SSSR count). The van der Waals surface area contributed by atoms with Gasteiger partial charge in [-0.1, -0.05) is 29.3 Å². The number of nitriles is 1. The minimum absolute atomic E-state index is 0.0590. The van der Waals surface area contributed by atoms with Crippen LogP contribution >= 0.6 is 23.2 Å². The van der Waals surface area contributed by atoms with Crippen LogP contribution < -0.4 is 4.74 Å². The molecule has 108 valence electrons. The summed E-state index contributed by atoms with van der Waals surface area (Å²) < 4.78 is 43.4. The molecule has 0 aromatic heterocycles. The molecule has 0 heterocycles. The number of rotatable bonds is 2. The molecule has 2 nitrogen and oxygen atoms in total. The molecule has 0 amide bonds. The highest BCUT2D eigenvalue weighted by molar-refractivity contribution is 6.42. The molecule has 0 spiro atoms. The molecule has 0 saturated heterocycles. The molecule has 0 radical (unpaired) electrons. The van der Waals surface area contributed by atoms with Crippen molar-refractivity contribution in [3.05, 3.63) is 57.6 Å². The van der Waals surface area contributed by atoms with Gasteiger partial charge in [0.05, 0.1) is 22.2 Å². The van der Waals surface area contributed by atoms with Crippen LogP contribution in [-0.4, -0.2) is 0 Å².